The fraction of sp³-hybridized carbons (Fsp3) is 0.417. The number of carbonyl (C=O) groups excluding carboxylic acids is 1. The van der Waals surface area contributed by atoms with Crippen molar-refractivity contribution in [2.75, 3.05) is 13.1 Å². The molecule has 0 spiro atoms. The Kier molecular flexibility index (Phi) is 5.30. The first-order chi connectivity index (χ1) is 8.45. The number of rotatable bonds is 6. The van der Waals surface area contributed by atoms with Crippen molar-refractivity contribution in [3.05, 3.63) is 29.8 Å². The molecule has 0 aromatic heterocycles. The van der Waals surface area contributed by atoms with E-state index in [4.69, 9.17) is 0 Å². The van der Waals surface area contributed by atoms with E-state index in [0.717, 1.165) is 12.0 Å². The molecule has 1 rings (SSSR count). The Morgan fingerprint density at radius 2 is 1.78 bits per heavy atom. The first-order valence-electron chi connectivity index (χ1n) is 5.78. The smallest absolute Gasteiger partial charge is 0.240 e. The van der Waals surface area contributed by atoms with Crippen molar-refractivity contribution in [2.24, 2.45) is 0 Å². The molecule has 0 aliphatic carbocycles. The Balaban J connectivity index is 2.59. The van der Waals surface area contributed by atoms with Crippen molar-refractivity contribution in [3.63, 3.8) is 0 Å². The lowest BCUT2D eigenvalue weighted by atomic mass is 10.2. The van der Waals surface area contributed by atoms with Crippen molar-refractivity contribution in [1.29, 1.82) is 0 Å². The third-order valence-corrected chi connectivity index (χ3v) is 3.91. The van der Waals surface area contributed by atoms with Crippen LogP contribution in [0.3, 0.4) is 0 Å². The fourth-order valence-electron chi connectivity index (χ4n) is 1.41. The standard InChI is InChI=1S/C12H18N2O3S/c1-3-11-4-6-12(7-5-11)18(16,17)14-9-8-13-10(2)15/h4-7,14H,3,8-9H2,1-2H3,(H,13,15). The Labute approximate surface area is 108 Å². The van der Waals surface area contributed by atoms with Crippen molar-refractivity contribution in [2.45, 2.75) is 25.2 Å². The molecule has 1 amide bonds. The normalized spacial score (nSPS) is 11.2. The molecule has 6 heteroatoms. The van der Waals surface area contributed by atoms with Crippen LogP contribution in [0.5, 0.6) is 0 Å². The zero-order valence-corrected chi connectivity index (χ0v) is 11.4. The molecule has 0 aliphatic rings. The van der Waals surface area contributed by atoms with Crippen LogP contribution in [0.4, 0.5) is 0 Å². The quantitative estimate of drug-likeness (QED) is 0.746. The van der Waals surface area contributed by atoms with Crippen molar-refractivity contribution in [3.8, 4) is 0 Å². The number of hydrogen-bond acceptors (Lipinski definition) is 3. The Morgan fingerprint density at radius 1 is 1.17 bits per heavy atom. The molecule has 0 radical (unpaired) electrons. The van der Waals surface area contributed by atoms with E-state index in [-0.39, 0.29) is 23.9 Å². The second-order valence-electron chi connectivity index (χ2n) is 3.88. The molecule has 0 atom stereocenters. The van der Waals surface area contributed by atoms with Crippen molar-refractivity contribution >= 4 is 15.9 Å². The minimum absolute atomic E-state index is 0.178. The van der Waals surface area contributed by atoms with Gasteiger partial charge in [0.05, 0.1) is 4.90 Å². The molecule has 2 N–H and O–H groups in total. The molecular weight excluding hydrogens is 252 g/mol. The van der Waals surface area contributed by atoms with Gasteiger partial charge in [-0.05, 0) is 24.1 Å². The Hall–Kier alpha value is -1.40. The van der Waals surface area contributed by atoms with Gasteiger partial charge in [-0.3, -0.25) is 4.79 Å². The van der Waals surface area contributed by atoms with E-state index < -0.39 is 10.0 Å². The lowest BCUT2D eigenvalue weighted by Crippen LogP contribution is -2.33. The summed E-state index contributed by atoms with van der Waals surface area (Å²) in [4.78, 5) is 10.9. The summed E-state index contributed by atoms with van der Waals surface area (Å²) in [6.07, 6.45) is 0.871. The first kappa shape index (κ1) is 14.7. The molecular formula is C12H18N2O3S. The van der Waals surface area contributed by atoms with Crippen molar-refractivity contribution < 1.29 is 13.2 Å². The molecule has 0 fully saturated rings. The molecule has 18 heavy (non-hydrogen) atoms. The number of carbonyl (C=O) groups is 1. The monoisotopic (exact) mass is 270 g/mol. The van der Waals surface area contributed by atoms with Gasteiger partial charge < -0.3 is 5.32 Å². The highest BCUT2D eigenvalue weighted by Gasteiger charge is 2.12. The summed E-state index contributed by atoms with van der Waals surface area (Å²) >= 11 is 0. The van der Waals surface area contributed by atoms with Crippen LogP contribution in [0.25, 0.3) is 0 Å². The predicted molar refractivity (Wildman–Crippen MR) is 69.7 cm³/mol. The topological polar surface area (TPSA) is 75.3 Å². The maximum absolute atomic E-state index is 11.9. The van der Waals surface area contributed by atoms with Gasteiger partial charge in [0.1, 0.15) is 0 Å². The van der Waals surface area contributed by atoms with Crippen LogP contribution >= 0.6 is 0 Å². The lowest BCUT2D eigenvalue weighted by Gasteiger charge is -2.07. The van der Waals surface area contributed by atoms with E-state index in [1.54, 1.807) is 24.3 Å². The summed E-state index contributed by atoms with van der Waals surface area (Å²) in [5.41, 5.74) is 1.09. The molecule has 0 aliphatic heterocycles. The van der Waals surface area contributed by atoms with Crippen LogP contribution in [0, 0.1) is 0 Å². The van der Waals surface area contributed by atoms with Gasteiger partial charge in [0.15, 0.2) is 0 Å². The summed E-state index contributed by atoms with van der Waals surface area (Å²) < 4.78 is 26.1. The number of hydrogen-bond donors (Lipinski definition) is 2. The van der Waals surface area contributed by atoms with Gasteiger partial charge in [0.2, 0.25) is 15.9 Å². The molecule has 0 saturated carbocycles. The highest BCUT2D eigenvalue weighted by Crippen LogP contribution is 2.10. The molecule has 1 aromatic carbocycles. The van der Waals surface area contributed by atoms with E-state index >= 15 is 0 Å². The van der Waals surface area contributed by atoms with Gasteiger partial charge in [0, 0.05) is 20.0 Å². The van der Waals surface area contributed by atoms with Gasteiger partial charge in [-0.2, -0.15) is 0 Å². The molecule has 100 valence electrons. The van der Waals surface area contributed by atoms with Crippen LogP contribution in [-0.4, -0.2) is 27.4 Å². The summed E-state index contributed by atoms with van der Waals surface area (Å²) in [5.74, 6) is -0.179. The number of aryl methyl sites for hydroxylation is 1. The SMILES string of the molecule is CCc1ccc(S(=O)(=O)NCCNC(C)=O)cc1. The largest absolute Gasteiger partial charge is 0.355 e. The van der Waals surface area contributed by atoms with Crippen LogP contribution < -0.4 is 10.0 Å². The van der Waals surface area contributed by atoms with Gasteiger partial charge in [-0.15, -0.1) is 0 Å². The number of nitrogens with one attached hydrogen (secondary N) is 2. The summed E-state index contributed by atoms with van der Waals surface area (Å²) in [6.45, 7) is 3.85. The van der Waals surface area contributed by atoms with Crippen LogP contribution in [0.1, 0.15) is 19.4 Å². The van der Waals surface area contributed by atoms with Crippen LogP contribution in [-0.2, 0) is 21.2 Å². The summed E-state index contributed by atoms with van der Waals surface area (Å²) in [7, 11) is -3.48. The molecule has 5 nitrogen and oxygen atoms in total. The van der Waals surface area contributed by atoms with Gasteiger partial charge in [-0.1, -0.05) is 19.1 Å². The molecule has 0 bridgehead atoms. The summed E-state index contributed by atoms with van der Waals surface area (Å²) in [6, 6.07) is 6.75. The third-order valence-electron chi connectivity index (χ3n) is 2.43. The average molecular weight is 270 g/mol. The fourth-order valence-corrected chi connectivity index (χ4v) is 2.44. The van der Waals surface area contributed by atoms with Gasteiger partial charge in [-0.25, -0.2) is 13.1 Å². The highest BCUT2D eigenvalue weighted by atomic mass is 32.2. The maximum atomic E-state index is 11.9. The Morgan fingerprint density at radius 3 is 2.28 bits per heavy atom. The second kappa shape index (κ2) is 6.51. The van der Waals surface area contributed by atoms with Crippen molar-refractivity contribution in [1.82, 2.24) is 10.0 Å². The average Bonchev–Trinajstić information content (AvgIpc) is 2.34. The van der Waals surface area contributed by atoms with Gasteiger partial charge in [0.25, 0.3) is 0 Å². The predicted octanol–water partition coefficient (Wildman–Crippen LogP) is 0.663. The molecule has 0 unspecified atom stereocenters. The number of amides is 1. The van der Waals surface area contributed by atoms with E-state index in [1.807, 2.05) is 6.92 Å². The second-order valence-corrected chi connectivity index (χ2v) is 5.65. The minimum Gasteiger partial charge on any atom is -0.355 e. The zero-order chi connectivity index (χ0) is 13.6. The number of benzene rings is 1. The molecule has 0 heterocycles. The van der Waals surface area contributed by atoms with E-state index in [9.17, 15) is 13.2 Å². The van der Waals surface area contributed by atoms with Gasteiger partial charge >= 0.3 is 0 Å². The zero-order valence-electron chi connectivity index (χ0n) is 10.6. The van der Waals surface area contributed by atoms with Crippen LogP contribution in [0.15, 0.2) is 29.2 Å². The maximum Gasteiger partial charge on any atom is 0.240 e. The van der Waals surface area contributed by atoms with Crippen LogP contribution in [0.2, 0.25) is 0 Å². The molecule has 0 saturated heterocycles. The third kappa shape index (κ3) is 4.46. The molecule has 1 aromatic rings. The summed E-state index contributed by atoms with van der Waals surface area (Å²) in [5, 5.41) is 2.52. The highest BCUT2D eigenvalue weighted by molar-refractivity contribution is 7.89. The van der Waals surface area contributed by atoms with E-state index in [1.165, 1.54) is 6.92 Å². The van der Waals surface area contributed by atoms with E-state index in [2.05, 4.69) is 10.0 Å². The lowest BCUT2D eigenvalue weighted by molar-refractivity contribution is -0.118. The van der Waals surface area contributed by atoms with E-state index in [0.29, 0.717) is 0 Å². The number of sulfonamides is 1. The minimum atomic E-state index is -3.48. The first-order valence-corrected chi connectivity index (χ1v) is 7.27. The Bertz CT molecular complexity index is 495.